The first-order valence-corrected chi connectivity index (χ1v) is 12.2. The average molecular weight is 473 g/mol. The van der Waals surface area contributed by atoms with Gasteiger partial charge in [-0.15, -0.1) is 11.3 Å². The number of nitrogens with one attached hydrogen (secondary N) is 2. The molecule has 2 atom stereocenters. The zero-order chi connectivity index (χ0) is 22.8. The second-order valence-electron chi connectivity index (χ2n) is 8.11. The lowest BCUT2D eigenvalue weighted by Crippen LogP contribution is -2.32. The summed E-state index contributed by atoms with van der Waals surface area (Å²) in [7, 11) is 0. The van der Waals surface area contributed by atoms with E-state index in [0.717, 1.165) is 22.2 Å². The molecule has 7 heteroatoms. The lowest BCUT2D eigenvalue weighted by atomic mass is 10.0. The third-order valence-corrected chi connectivity index (χ3v) is 7.45. The number of hydrogen-bond acceptors (Lipinski definition) is 4. The molecule has 5 nitrogen and oxygen atoms in total. The van der Waals surface area contributed by atoms with E-state index >= 15 is 0 Å². The van der Waals surface area contributed by atoms with Gasteiger partial charge in [0, 0.05) is 35.1 Å². The highest BCUT2D eigenvalue weighted by Gasteiger charge is 2.40. The number of anilines is 1. The van der Waals surface area contributed by atoms with E-state index in [0.29, 0.717) is 18.1 Å². The van der Waals surface area contributed by atoms with Crippen LogP contribution in [0.4, 0.5) is 5.69 Å². The van der Waals surface area contributed by atoms with E-state index in [-0.39, 0.29) is 18.0 Å². The molecule has 33 heavy (non-hydrogen) atoms. The van der Waals surface area contributed by atoms with Crippen LogP contribution in [-0.2, 0) is 4.79 Å². The molecule has 0 aliphatic carbocycles. The zero-order valence-electron chi connectivity index (χ0n) is 18.2. The molecule has 0 spiro atoms. The lowest BCUT2D eigenvalue weighted by Gasteiger charge is -2.27. The van der Waals surface area contributed by atoms with Gasteiger partial charge >= 0.3 is 0 Å². The van der Waals surface area contributed by atoms with Crippen molar-refractivity contribution in [2.75, 3.05) is 11.9 Å². The van der Waals surface area contributed by atoms with Gasteiger partial charge in [0.2, 0.25) is 5.91 Å². The second-order valence-corrected chi connectivity index (χ2v) is 9.45. The SMILES string of the molecule is Cc1ccsc1[C@@H]1[C@H](c2ccccn2)NC(=S)N1CCC(=O)Nc1cccc2ccccc12. The Labute approximate surface area is 202 Å². The van der Waals surface area contributed by atoms with Gasteiger partial charge in [-0.1, -0.05) is 42.5 Å². The predicted octanol–water partition coefficient (Wildman–Crippen LogP) is 5.61. The number of carbonyl (C=O) groups excluding carboxylic acids is 1. The molecule has 0 saturated carbocycles. The van der Waals surface area contributed by atoms with E-state index in [1.165, 1.54) is 10.4 Å². The number of aromatic nitrogens is 1. The van der Waals surface area contributed by atoms with Gasteiger partial charge in [-0.25, -0.2) is 0 Å². The molecule has 0 bridgehead atoms. The summed E-state index contributed by atoms with van der Waals surface area (Å²) in [5.41, 5.74) is 3.00. The van der Waals surface area contributed by atoms with Crippen LogP contribution in [0.3, 0.4) is 0 Å². The fraction of sp³-hybridized carbons (Fsp3) is 0.192. The van der Waals surface area contributed by atoms with Crippen LogP contribution in [0.25, 0.3) is 10.8 Å². The van der Waals surface area contributed by atoms with E-state index in [1.807, 2.05) is 60.7 Å². The molecule has 1 aliphatic heterocycles. The van der Waals surface area contributed by atoms with Crippen molar-refractivity contribution in [1.29, 1.82) is 0 Å². The number of thiocarbonyl (C=S) groups is 1. The van der Waals surface area contributed by atoms with Crippen molar-refractivity contribution >= 4 is 51.0 Å². The first kappa shape index (κ1) is 21.6. The second kappa shape index (κ2) is 9.29. The standard InChI is InChI=1S/C26H24N4OS2/c1-17-13-16-33-25(17)24-23(21-10-4-5-14-27-21)29-26(32)30(24)15-12-22(31)28-20-11-6-8-18-7-2-3-9-19(18)20/h2-11,13-14,16,23-24H,12,15H2,1H3,(H,28,31)(H,29,32)/t23-,24-/m0/s1. The highest BCUT2D eigenvalue weighted by molar-refractivity contribution is 7.80. The van der Waals surface area contributed by atoms with Gasteiger partial charge in [-0.2, -0.15) is 0 Å². The third-order valence-electron chi connectivity index (χ3n) is 6.01. The molecule has 0 unspecified atom stereocenters. The molecule has 1 aliphatic rings. The number of hydrogen-bond donors (Lipinski definition) is 2. The summed E-state index contributed by atoms with van der Waals surface area (Å²) in [6, 6.07) is 22.0. The maximum Gasteiger partial charge on any atom is 0.226 e. The van der Waals surface area contributed by atoms with Crippen LogP contribution >= 0.6 is 23.6 Å². The quantitative estimate of drug-likeness (QED) is 0.358. The normalized spacial score (nSPS) is 17.8. The van der Waals surface area contributed by atoms with E-state index < -0.39 is 0 Å². The summed E-state index contributed by atoms with van der Waals surface area (Å²) in [5.74, 6) is -0.0305. The molecular formula is C26H24N4OS2. The molecule has 1 saturated heterocycles. The number of thiophene rings is 1. The average Bonchev–Trinajstić information content (AvgIpc) is 3.40. The van der Waals surface area contributed by atoms with Crippen LogP contribution < -0.4 is 10.6 Å². The Bertz CT molecular complexity index is 1300. The molecule has 4 aromatic rings. The van der Waals surface area contributed by atoms with Gasteiger partial charge < -0.3 is 15.5 Å². The van der Waals surface area contributed by atoms with Crippen molar-refractivity contribution in [3.8, 4) is 0 Å². The Morgan fingerprint density at radius 1 is 1.12 bits per heavy atom. The molecular weight excluding hydrogens is 448 g/mol. The summed E-state index contributed by atoms with van der Waals surface area (Å²) in [6.07, 6.45) is 2.14. The van der Waals surface area contributed by atoms with Crippen LogP contribution in [0.5, 0.6) is 0 Å². The van der Waals surface area contributed by atoms with E-state index in [1.54, 1.807) is 17.5 Å². The molecule has 0 radical (unpaired) electrons. The van der Waals surface area contributed by atoms with Crippen LogP contribution in [0.2, 0.25) is 0 Å². The van der Waals surface area contributed by atoms with Crippen LogP contribution in [0.15, 0.2) is 78.3 Å². The van der Waals surface area contributed by atoms with Crippen molar-refractivity contribution in [3.05, 3.63) is 94.4 Å². The van der Waals surface area contributed by atoms with Crippen LogP contribution in [0, 0.1) is 6.92 Å². The molecule has 3 heterocycles. The van der Waals surface area contributed by atoms with E-state index in [4.69, 9.17) is 12.2 Å². The number of carbonyl (C=O) groups is 1. The molecule has 5 rings (SSSR count). The number of rotatable bonds is 6. The van der Waals surface area contributed by atoms with Gasteiger partial charge in [0.15, 0.2) is 5.11 Å². The number of nitrogens with zero attached hydrogens (tertiary/aromatic N) is 2. The monoisotopic (exact) mass is 472 g/mol. The minimum atomic E-state index is -0.0582. The summed E-state index contributed by atoms with van der Waals surface area (Å²) in [6.45, 7) is 2.64. The molecule has 2 N–H and O–H groups in total. The van der Waals surface area contributed by atoms with Crippen molar-refractivity contribution in [3.63, 3.8) is 0 Å². The number of amides is 1. The highest BCUT2D eigenvalue weighted by Crippen LogP contribution is 2.42. The first-order valence-electron chi connectivity index (χ1n) is 10.9. The number of aryl methyl sites for hydroxylation is 1. The lowest BCUT2D eigenvalue weighted by molar-refractivity contribution is -0.116. The largest absolute Gasteiger partial charge is 0.352 e. The summed E-state index contributed by atoms with van der Waals surface area (Å²) >= 11 is 7.44. The Hall–Kier alpha value is -3.29. The number of fused-ring (bicyclic) bond motifs is 1. The molecule has 1 fully saturated rings. The van der Waals surface area contributed by atoms with Crippen molar-refractivity contribution in [2.24, 2.45) is 0 Å². The third kappa shape index (κ3) is 4.34. The maximum atomic E-state index is 12.9. The summed E-state index contributed by atoms with van der Waals surface area (Å²) in [5, 5.41) is 11.4. The molecule has 2 aromatic carbocycles. The van der Waals surface area contributed by atoms with E-state index in [9.17, 15) is 4.79 Å². The fourth-order valence-corrected chi connectivity index (χ4v) is 5.79. The van der Waals surface area contributed by atoms with Gasteiger partial charge in [0.1, 0.15) is 0 Å². The smallest absolute Gasteiger partial charge is 0.226 e. The Morgan fingerprint density at radius 2 is 1.94 bits per heavy atom. The van der Waals surface area contributed by atoms with Crippen molar-refractivity contribution in [1.82, 2.24) is 15.2 Å². The highest BCUT2D eigenvalue weighted by atomic mass is 32.1. The molecule has 2 aromatic heterocycles. The minimum absolute atomic E-state index is 0.00208. The van der Waals surface area contributed by atoms with Crippen molar-refractivity contribution in [2.45, 2.75) is 25.4 Å². The predicted molar refractivity (Wildman–Crippen MR) is 138 cm³/mol. The summed E-state index contributed by atoms with van der Waals surface area (Å²) < 4.78 is 0. The Morgan fingerprint density at radius 3 is 2.73 bits per heavy atom. The summed E-state index contributed by atoms with van der Waals surface area (Å²) in [4.78, 5) is 20.9. The first-order chi connectivity index (χ1) is 16.1. The molecule has 1 amide bonds. The van der Waals surface area contributed by atoms with Gasteiger partial charge in [-0.05, 0) is 59.7 Å². The number of benzene rings is 2. The van der Waals surface area contributed by atoms with Crippen LogP contribution in [0.1, 0.15) is 34.6 Å². The van der Waals surface area contributed by atoms with Crippen molar-refractivity contribution < 1.29 is 4.79 Å². The van der Waals surface area contributed by atoms with E-state index in [2.05, 4.69) is 38.9 Å². The maximum absolute atomic E-state index is 12.9. The zero-order valence-corrected chi connectivity index (χ0v) is 19.8. The van der Waals surface area contributed by atoms with Crippen LogP contribution in [-0.4, -0.2) is 27.4 Å². The number of pyridine rings is 1. The Kier molecular flexibility index (Phi) is 6.07. The van der Waals surface area contributed by atoms with Gasteiger partial charge in [0.25, 0.3) is 0 Å². The van der Waals surface area contributed by atoms with Gasteiger partial charge in [-0.3, -0.25) is 9.78 Å². The minimum Gasteiger partial charge on any atom is -0.352 e. The molecule has 166 valence electrons. The topological polar surface area (TPSA) is 57.3 Å². The fourth-order valence-electron chi connectivity index (χ4n) is 4.39. The Balaban J connectivity index is 1.36. The van der Waals surface area contributed by atoms with Gasteiger partial charge in [0.05, 0.1) is 17.8 Å².